The van der Waals surface area contributed by atoms with Gasteiger partial charge in [-0.3, -0.25) is 9.36 Å². The number of rotatable bonds is 8. The number of amides is 1. The molecule has 0 radical (unpaired) electrons. The molecule has 0 aliphatic rings. The second-order valence-corrected chi connectivity index (χ2v) is 7.95. The lowest BCUT2D eigenvalue weighted by atomic mass is 10.2. The maximum atomic E-state index is 12.3. The molecule has 0 aliphatic carbocycles. The molecule has 0 atom stereocenters. The lowest BCUT2D eigenvalue weighted by Crippen LogP contribution is -2.15. The summed E-state index contributed by atoms with van der Waals surface area (Å²) in [4.78, 5) is 13.6. The third kappa shape index (κ3) is 4.67. The largest absolute Gasteiger partial charge is 0.325 e. The Balaban J connectivity index is 1.72. The Bertz CT molecular complexity index is 945. The second-order valence-electron chi connectivity index (χ2n) is 6.01. The zero-order valence-corrected chi connectivity index (χ0v) is 17.1. The van der Waals surface area contributed by atoms with E-state index in [1.807, 2.05) is 41.8 Å². The van der Waals surface area contributed by atoms with Crippen LogP contribution < -0.4 is 5.32 Å². The Morgan fingerprint density at radius 2 is 2.19 bits per heavy atom. The Kier molecular flexibility index (Phi) is 6.47. The maximum absolute atomic E-state index is 12.3. The fourth-order valence-electron chi connectivity index (χ4n) is 2.62. The monoisotopic (exact) mass is 398 g/mol. The number of anilines is 1. The van der Waals surface area contributed by atoms with Gasteiger partial charge in [-0.2, -0.15) is 0 Å². The van der Waals surface area contributed by atoms with Crippen LogP contribution in [0.15, 0.2) is 53.5 Å². The molecule has 0 unspecified atom stereocenters. The van der Waals surface area contributed by atoms with Gasteiger partial charge in [-0.25, -0.2) is 0 Å². The molecule has 1 amide bonds. The standard InChI is InChI=1S/C20H22N4OS2/c1-4-10-24-19(15-11-16(5-2)26-12-15)22-23-20(24)27-13-18(25)21-17-9-7-6-8-14(17)3/h4,6-9,11-12H,1,5,10,13H2,2-3H3,(H,21,25). The summed E-state index contributed by atoms with van der Waals surface area (Å²) in [6.45, 7) is 8.54. The van der Waals surface area contributed by atoms with Gasteiger partial charge in [-0.05, 0) is 31.0 Å². The number of allylic oxidation sites excluding steroid dienone is 1. The third-order valence-corrected chi connectivity index (χ3v) is 6.09. The van der Waals surface area contributed by atoms with Gasteiger partial charge >= 0.3 is 0 Å². The molecule has 5 nitrogen and oxygen atoms in total. The van der Waals surface area contributed by atoms with Crippen LogP contribution in [0.25, 0.3) is 11.4 Å². The van der Waals surface area contributed by atoms with E-state index < -0.39 is 0 Å². The number of thioether (sulfide) groups is 1. The van der Waals surface area contributed by atoms with Gasteiger partial charge in [-0.1, -0.05) is 43.0 Å². The third-order valence-electron chi connectivity index (χ3n) is 4.04. The lowest BCUT2D eigenvalue weighted by molar-refractivity contribution is -0.113. The van der Waals surface area contributed by atoms with E-state index >= 15 is 0 Å². The molecule has 0 spiro atoms. The molecule has 0 saturated carbocycles. The highest BCUT2D eigenvalue weighted by Crippen LogP contribution is 2.28. The second kappa shape index (κ2) is 9.01. The minimum Gasteiger partial charge on any atom is -0.325 e. The summed E-state index contributed by atoms with van der Waals surface area (Å²) in [5, 5.41) is 14.4. The minimum absolute atomic E-state index is 0.0622. The van der Waals surface area contributed by atoms with E-state index in [0.717, 1.165) is 29.1 Å². The summed E-state index contributed by atoms with van der Waals surface area (Å²) < 4.78 is 2.00. The maximum Gasteiger partial charge on any atom is 0.234 e. The van der Waals surface area contributed by atoms with Crippen LogP contribution in [0.2, 0.25) is 0 Å². The Hall–Kier alpha value is -2.38. The van der Waals surface area contributed by atoms with Gasteiger partial charge in [0.25, 0.3) is 0 Å². The van der Waals surface area contributed by atoms with Crippen molar-refractivity contribution in [3.05, 3.63) is 58.8 Å². The van der Waals surface area contributed by atoms with Crippen molar-refractivity contribution in [1.82, 2.24) is 14.8 Å². The van der Waals surface area contributed by atoms with E-state index in [1.54, 1.807) is 11.3 Å². The van der Waals surface area contributed by atoms with Crippen molar-refractivity contribution in [2.45, 2.75) is 32.0 Å². The smallest absolute Gasteiger partial charge is 0.234 e. The van der Waals surface area contributed by atoms with Gasteiger partial charge < -0.3 is 5.32 Å². The van der Waals surface area contributed by atoms with Crippen LogP contribution in [0.3, 0.4) is 0 Å². The zero-order chi connectivity index (χ0) is 19.2. The number of para-hydroxylation sites is 1. The number of aryl methyl sites for hydroxylation is 2. The predicted octanol–water partition coefficient (Wildman–Crippen LogP) is 4.79. The molecule has 0 aliphatic heterocycles. The number of aromatic nitrogens is 3. The van der Waals surface area contributed by atoms with E-state index in [-0.39, 0.29) is 11.7 Å². The first-order valence-electron chi connectivity index (χ1n) is 8.72. The van der Waals surface area contributed by atoms with E-state index in [1.165, 1.54) is 16.6 Å². The fourth-order valence-corrected chi connectivity index (χ4v) is 4.18. The van der Waals surface area contributed by atoms with Crippen LogP contribution in [0.5, 0.6) is 0 Å². The summed E-state index contributed by atoms with van der Waals surface area (Å²) >= 11 is 3.10. The van der Waals surface area contributed by atoms with E-state index in [2.05, 4.69) is 40.5 Å². The van der Waals surface area contributed by atoms with Gasteiger partial charge in [0.1, 0.15) is 0 Å². The first kappa shape index (κ1) is 19.4. The highest BCUT2D eigenvalue weighted by atomic mass is 32.2. The molecule has 3 rings (SSSR count). The van der Waals surface area contributed by atoms with Gasteiger partial charge in [0.05, 0.1) is 5.75 Å². The molecule has 7 heteroatoms. The van der Waals surface area contributed by atoms with Crippen molar-refractivity contribution in [2.24, 2.45) is 0 Å². The van der Waals surface area contributed by atoms with Crippen LogP contribution >= 0.6 is 23.1 Å². The highest BCUT2D eigenvalue weighted by molar-refractivity contribution is 7.99. The lowest BCUT2D eigenvalue weighted by Gasteiger charge is -2.09. The molecule has 140 valence electrons. The quantitative estimate of drug-likeness (QED) is 0.438. The minimum atomic E-state index is -0.0622. The number of nitrogens with one attached hydrogen (secondary N) is 1. The first-order valence-corrected chi connectivity index (χ1v) is 10.6. The van der Waals surface area contributed by atoms with Crippen LogP contribution in [0, 0.1) is 6.92 Å². The Morgan fingerprint density at radius 3 is 2.89 bits per heavy atom. The Morgan fingerprint density at radius 1 is 1.37 bits per heavy atom. The SMILES string of the molecule is C=CCn1c(SCC(=O)Nc2ccccc2C)nnc1-c1csc(CC)c1. The van der Waals surface area contributed by atoms with Crippen molar-refractivity contribution < 1.29 is 4.79 Å². The molecule has 2 heterocycles. The van der Waals surface area contributed by atoms with Gasteiger partial charge in [0.15, 0.2) is 11.0 Å². The normalized spacial score (nSPS) is 10.7. The first-order chi connectivity index (χ1) is 13.1. The predicted molar refractivity (Wildman–Crippen MR) is 113 cm³/mol. The van der Waals surface area contributed by atoms with Crippen molar-refractivity contribution >= 4 is 34.7 Å². The summed E-state index contributed by atoms with van der Waals surface area (Å²) in [5.41, 5.74) is 2.93. The summed E-state index contributed by atoms with van der Waals surface area (Å²) in [7, 11) is 0. The fraction of sp³-hybridized carbons (Fsp3) is 0.250. The number of nitrogens with zero attached hydrogens (tertiary/aromatic N) is 3. The molecule has 27 heavy (non-hydrogen) atoms. The van der Waals surface area contributed by atoms with Gasteiger partial charge in [0.2, 0.25) is 5.91 Å². The van der Waals surface area contributed by atoms with E-state index in [9.17, 15) is 4.79 Å². The molecule has 1 N–H and O–H groups in total. The van der Waals surface area contributed by atoms with Crippen LogP contribution in [0.1, 0.15) is 17.4 Å². The van der Waals surface area contributed by atoms with Crippen molar-refractivity contribution in [2.75, 3.05) is 11.1 Å². The van der Waals surface area contributed by atoms with E-state index in [0.29, 0.717) is 11.7 Å². The molecule has 1 aromatic carbocycles. The average Bonchev–Trinajstić information content (AvgIpc) is 3.29. The molecule has 0 fully saturated rings. The number of thiophene rings is 1. The molecule has 2 aromatic heterocycles. The van der Waals surface area contributed by atoms with Crippen molar-refractivity contribution in [3.63, 3.8) is 0 Å². The van der Waals surface area contributed by atoms with E-state index in [4.69, 9.17) is 0 Å². The summed E-state index contributed by atoms with van der Waals surface area (Å²) in [5.74, 6) is 1.02. The topological polar surface area (TPSA) is 59.8 Å². The molecule has 0 saturated heterocycles. The van der Waals surface area contributed by atoms with Gasteiger partial charge in [-0.15, -0.1) is 28.1 Å². The molecule has 0 bridgehead atoms. The summed E-state index contributed by atoms with van der Waals surface area (Å²) in [6, 6.07) is 9.88. The average molecular weight is 399 g/mol. The van der Waals surface area contributed by atoms with Crippen LogP contribution in [-0.2, 0) is 17.8 Å². The number of hydrogen-bond donors (Lipinski definition) is 1. The number of hydrogen-bond acceptors (Lipinski definition) is 5. The number of carbonyl (C=O) groups is 1. The number of carbonyl (C=O) groups excluding carboxylic acids is 1. The zero-order valence-electron chi connectivity index (χ0n) is 15.4. The van der Waals surface area contributed by atoms with Crippen molar-refractivity contribution in [3.8, 4) is 11.4 Å². The van der Waals surface area contributed by atoms with Crippen LogP contribution in [0.4, 0.5) is 5.69 Å². The van der Waals surface area contributed by atoms with Crippen molar-refractivity contribution in [1.29, 1.82) is 0 Å². The summed E-state index contributed by atoms with van der Waals surface area (Å²) in [6.07, 6.45) is 2.82. The van der Waals surface area contributed by atoms with Crippen LogP contribution in [-0.4, -0.2) is 26.4 Å². The Labute approximate surface area is 167 Å². The molecule has 3 aromatic rings. The molecular formula is C20H22N4OS2. The molecular weight excluding hydrogens is 376 g/mol. The number of benzene rings is 1. The van der Waals surface area contributed by atoms with Gasteiger partial charge in [0, 0.05) is 28.1 Å². The highest BCUT2D eigenvalue weighted by Gasteiger charge is 2.16.